The molecule has 1 aliphatic rings. The van der Waals surface area contributed by atoms with Crippen LogP contribution in [0.25, 0.3) is 0 Å². The summed E-state index contributed by atoms with van der Waals surface area (Å²) in [5, 5.41) is 0. The van der Waals surface area contributed by atoms with Crippen LogP contribution in [0.5, 0.6) is 0 Å². The van der Waals surface area contributed by atoms with Gasteiger partial charge in [0.15, 0.2) is 0 Å². The minimum atomic E-state index is -0.0453. The minimum Gasteiger partial charge on any atom is -0.353 e. The van der Waals surface area contributed by atoms with Crippen LogP contribution in [0, 0.1) is 5.92 Å². The maximum Gasteiger partial charge on any atom is 0.254 e. The molecule has 0 N–H and O–H groups in total. The van der Waals surface area contributed by atoms with Gasteiger partial charge in [0.2, 0.25) is 5.91 Å². The molecule has 0 radical (unpaired) electrons. The summed E-state index contributed by atoms with van der Waals surface area (Å²) >= 11 is 3.44. The molecule has 0 saturated heterocycles. The summed E-state index contributed by atoms with van der Waals surface area (Å²) in [6.07, 6.45) is 7.37. The highest BCUT2D eigenvalue weighted by molar-refractivity contribution is 9.10. The highest BCUT2D eigenvalue weighted by Crippen LogP contribution is 2.25. The molecule has 1 aromatic carbocycles. The number of hydrogen-bond donors (Lipinski definition) is 0. The lowest BCUT2D eigenvalue weighted by Gasteiger charge is -2.36. The van der Waals surface area contributed by atoms with Crippen LogP contribution in [-0.2, 0) is 18.4 Å². The van der Waals surface area contributed by atoms with Gasteiger partial charge in [0.1, 0.15) is 6.54 Å². The van der Waals surface area contributed by atoms with E-state index in [4.69, 9.17) is 0 Å². The summed E-state index contributed by atoms with van der Waals surface area (Å²) in [4.78, 5) is 30.7. The first-order valence-electron chi connectivity index (χ1n) is 11.3. The molecular formula is C25H34BrN3O2. The first kappa shape index (κ1) is 23.6. The Kier molecular flexibility index (Phi) is 8.35. The highest BCUT2D eigenvalue weighted by Gasteiger charge is 2.30. The lowest BCUT2D eigenvalue weighted by Crippen LogP contribution is -2.48. The van der Waals surface area contributed by atoms with E-state index >= 15 is 0 Å². The molecule has 1 saturated carbocycles. The van der Waals surface area contributed by atoms with Crippen molar-refractivity contribution in [2.24, 2.45) is 13.0 Å². The first-order chi connectivity index (χ1) is 14.8. The molecule has 1 heterocycles. The molecule has 3 rings (SSSR count). The monoisotopic (exact) mass is 487 g/mol. The van der Waals surface area contributed by atoms with E-state index < -0.39 is 0 Å². The van der Waals surface area contributed by atoms with E-state index in [1.54, 1.807) is 0 Å². The fourth-order valence-electron chi connectivity index (χ4n) is 4.32. The van der Waals surface area contributed by atoms with Crippen LogP contribution < -0.4 is 0 Å². The number of rotatable bonds is 8. The Hall–Kier alpha value is -2.08. The van der Waals surface area contributed by atoms with Gasteiger partial charge in [0.05, 0.1) is 6.54 Å². The highest BCUT2D eigenvalue weighted by atomic mass is 79.9. The first-order valence-corrected chi connectivity index (χ1v) is 12.1. The van der Waals surface area contributed by atoms with E-state index in [1.165, 1.54) is 6.42 Å². The van der Waals surface area contributed by atoms with Crippen LogP contribution in [0.3, 0.4) is 0 Å². The molecule has 6 heteroatoms. The number of aromatic nitrogens is 1. The van der Waals surface area contributed by atoms with Crippen LogP contribution in [0.15, 0.2) is 47.1 Å². The van der Waals surface area contributed by atoms with E-state index in [0.29, 0.717) is 24.6 Å². The van der Waals surface area contributed by atoms with Crippen LogP contribution in [-0.4, -0.2) is 45.3 Å². The van der Waals surface area contributed by atoms with Gasteiger partial charge in [-0.1, -0.05) is 49.0 Å². The van der Waals surface area contributed by atoms with Gasteiger partial charge in [-0.15, -0.1) is 0 Å². The largest absolute Gasteiger partial charge is 0.353 e. The summed E-state index contributed by atoms with van der Waals surface area (Å²) in [7, 11) is 2.00. The average Bonchev–Trinajstić information content (AvgIpc) is 3.16. The lowest BCUT2D eigenvalue weighted by molar-refractivity contribution is -0.133. The fraction of sp³-hybridized carbons (Fsp3) is 0.520. The van der Waals surface area contributed by atoms with Gasteiger partial charge in [-0.3, -0.25) is 9.59 Å². The van der Waals surface area contributed by atoms with E-state index in [1.807, 2.05) is 64.0 Å². The predicted molar refractivity (Wildman–Crippen MR) is 128 cm³/mol. The molecule has 1 aromatic heterocycles. The topological polar surface area (TPSA) is 45.6 Å². The molecule has 0 aliphatic heterocycles. The molecule has 168 valence electrons. The van der Waals surface area contributed by atoms with Gasteiger partial charge < -0.3 is 14.4 Å². The minimum absolute atomic E-state index is 0.0194. The molecule has 5 nitrogen and oxygen atoms in total. The number of carbonyl (C=O) groups excluding carboxylic acids is 2. The number of hydrogen-bond acceptors (Lipinski definition) is 2. The van der Waals surface area contributed by atoms with Gasteiger partial charge in [-0.05, 0) is 55.2 Å². The molecule has 0 bridgehead atoms. The Labute approximate surface area is 194 Å². The van der Waals surface area contributed by atoms with Crippen LogP contribution in [0.1, 0.15) is 62.0 Å². The zero-order valence-electron chi connectivity index (χ0n) is 18.9. The summed E-state index contributed by atoms with van der Waals surface area (Å²) in [6.45, 7) is 5.62. The van der Waals surface area contributed by atoms with Crippen molar-refractivity contribution in [1.29, 1.82) is 0 Å². The summed E-state index contributed by atoms with van der Waals surface area (Å²) < 4.78 is 2.99. The zero-order chi connectivity index (χ0) is 22.4. The summed E-state index contributed by atoms with van der Waals surface area (Å²) in [5.74, 6) is 0.330. The number of benzene rings is 1. The standard InChI is InChI=1S/C25H34BrN3O2/c1-19(2)16-28(17-23-10-7-15-27(23)3)24(30)18-29(22-8-5-4-6-9-22)25(31)20-11-13-21(26)14-12-20/h7,10-15,19,22H,4-6,8-9,16-18H2,1-3H3. The fourth-order valence-corrected chi connectivity index (χ4v) is 4.58. The maximum absolute atomic E-state index is 13.5. The Balaban J connectivity index is 1.81. The number of carbonyl (C=O) groups is 2. The SMILES string of the molecule is CC(C)CN(Cc1cccn1C)C(=O)CN(C(=O)c1ccc(Br)cc1)C1CCCCC1. The molecule has 2 aromatic rings. The van der Waals surface area contributed by atoms with Crippen molar-refractivity contribution in [3.8, 4) is 0 Å². The van der Waals surface area contributed by atoms with Crippen molar-refractivity contribution in [3.63, 3.8) is 0 Å². The van der Waals surface area contributed by atoms with Gasteiger partial charge in [-0.25, -0.2) is 0 Å². The van der Waals surface area contributed by atoms with Crippen molar-refractivity contribution in [2.45, 2.75) is 58.5 Å². The molecule has 0 atom stereocenters. The van der Waals surface area contributed by atoms with E-state index in [0.717, 1.165) is 35.8 Å². The lowest BCUT2D eigenvalue weighted by atomic mass is 9.93. The maximum atomic E-state index is 13.5. The molecule has 1 aliphatic carbocycles. The van der Waals surface area contributed by atoms with Crippen molar-refractivity contribution in [3.05, 3.63) is 58.3 Å². The third-order valence-corrected chi connectivity index (χ3v) is 6.54. The molecular weight excluding hydrogens is 454 g/mol. The molecule has 1 fully saturated rings. The number of amides is 2. The zero-order valence-corrected chi connectivity index (χ0v) is 20.5. The van der Waals surface area contributed by atoms with Gasteiger partial charge in [-0.2, -0.15) is 0 Å². The van der Waals surface area contributed by atoms with Crippen LogP contribution in [0.2, 0.25) is 0 Å². The Morgan fingerprint density at radius 2 is 1.77 bits per heavy atom. The number of halogens is 1. The van der Waals surface area contributed by atoms with Crippen molar-refractivity contribution >= 4 is 27.7 Å². The predicted octanol–water partition coefficient (Wildman–Crippen LogP) is 5.25. The quantitative estimate of drug-likeness (QED) is 0.510. The average molecular weight is 488 g/mol. The Bertz CT molecular complexity index is 869. The second-order valence-electron chi connectivity index (χ2n) is 9.01. The number of nitrogens with zero attached hydrogens (tertiary/aromatic N) is 3. The van der Waals surface area contributed by atoms with E-state index in [9.17, 15) is 9.59 Å². The smallest absolute Gasteiger partial charge is 0.254 e. The van der Waals surface area contributed by atoms with Crippen molar-refractivity contribution in [1.82, 2.24) is 14.4 Å². The van der Waals surface area contributed by atoms with Crippen molar-refractivity contribution in [2.75, 3.05) is 13.1 Å². The van der Waals surface area contributed by atoms with Crippen LogP contribution >= 0.6 is 15.9 Å². The third kappa shape index (κ3) is 6.45. The second kappa shape index (κ2) is 11.0. The molecule has 0 unspecified atom stereocenters. The second-order valence-corrected chi connectivity index (χ2v) is 9.93. The Morgan fingerprint density at radius 1 is 1.10 bits per heavy atom. The van der Waals surface area contributed by atoms with Gasteiger partial charge in [0, 0.05) is 41.6 Å². The molecule has 2 amide bonds. The summed E-state index contributed by atoms with van der Waals surface area (Å²) in [5.41, 5.74) is 1.73. The molecule has 0 spiro atoms. The normalized spacial score (nSPS) is 14.6. The van der Waals surface area contributed by atoms with Gasteiger partial charge in [0.25, 0.3) is 5.91 Å². The van der Waals surface area contributed by atoms with E-state index in [2.05, 4.69) is 29.8 Å². The Morgan fingerprint density at radius 3 is 2.35 bits per heavy atom. The third-order valence-electron chi connectivity index (χ3n) is 6.02. The van der Waals surface area contributed by atoms with Gasteiger partial charge >= 0.3 is 0 Å². The molecule has 31 heavy (non-hydrogen) atoms. The number of aryl methyl sites for hydroxylation is 1. The van der Waals surface area contributed by atoms with Crippen molar-refractivity contribution < 1.29 is 9.59 Å². The van der Waals surface area contributed by atoms with Crippen LogP contribution in [0.4, 0.5) is 0 Å². The summed E-state index contributed by atoms with van der Waals surface area (Å²) in [6, 6.07) is 11.6. The van der Waals surface area contributed by atoms with E-state index in [-0.39, 0.29) is 24.4 Å².